The molecule has 1 atom stereocenters. The second-order valence-corrected chi connectivity index (χ2v) is 13.4. The van der Waals surface area contributed by atoms with E-state index in [0.717, 1.165) is 34.3 Å². The second-order valence-electron chi connectivity index (χ2n) is 12.6. The number of likely N-dealkylation sites (N-methyl/N-ethyl adjacent to an activating group) is 1. The van der Waals surface area contributed by atoms with Gasteiger partial charge in [-0.1, -0.05) is 32.4 Å². The SMILES string of the molecule is CCC.CN1CCN(Cc2cc(C(F)(F)F)c3cn(-c4cccc(C5(C(F)c6nncn6C)CC(F)(F)C5)c4)c(=O)n3c2)CC1.CSC. The van der Waals surface area contributed by atoms with Gasteiger partial charge in [0, 0.05) is 70.4 Å². The Labute approximate surface area is 280 Å². The molecule has 1 aliphatic carbocycles. The van der Waals surface area contributed by atoms with E-state index in [1.807, 2.05) is 24.5 Å². The fourth-order valence-electron chi connectivity index (χ4n) is 6.14. The molecule has 0 bridgehead atoms. The summed E-state index contributed by atoms with van der Waals surface area (Å²) in [5.41, 5.74) is -3.05. The van der Waals surface area contributed by atoms with Crippen LogP contribution in [0.3, 0.4) is 0 Å². The van der Waals surface area contributed by atoms with Gasteiger partial charge >= 0.3 is 11.9 Å². The third-order valence-electron chi connectivity index (χ3n) is 8.44. The summed E-state index contributed by atoms with van der Waals surface area (Å²) in [4.78, 5) is 17.7. The van der Waals surface area contributed by atoms with Crippen molar-refractivity contribution in [3.05, 3.63) is 82.1 Å². The van der Waals surface area contributed by atoms with Gasteiger partial charge in [-0.15, -0.1) is 10.2 Å². The number of hydrogen-bond donors (Lipinski definition) is 0. The zero-order valence-electron chi connectivity index (χ0n) is 28.1. The van der Waals surface area contributed by atoms with Crippen molar-refractivity contribution in [3.63, 3.8) is 0 Å². The number of halogens is 6. The smallest absolute Gasteiger partial charge is 0.318 e. The van der Waals surface area contributed by atoms with Gasteiger partial charge in [0.05, 0.1) is 16.8 Å². The summed E-state index contributed by atoms with van der Waals surface area (Å²) in [7, 11) is 3.48. The number of nitrogens with zero attached hydrogens (tertiary/aromatic N) is 7. The number of imidazole rings is 1. The molecule has 48 heavy (non-hydrogen) atoms. The van der Waals surface area contributed by atoms with E-state index in [2.05, 4.69) is 28.9 Å². The molecule has 1 unspecified atom stereocenters. The van der Waals surface area contributed by atoms with E-state index in [1.54, 1.807) is 11.8 Å². The first-order valence-corrected chi connectivity index (χ1v) is 17.4. The number of pyridine rings is 1. The van der Waals surface area contributed by atoms with E-state index in [4.69, 9.17) is 0 Å². The summed E-state index contributed by atoms with van der Waals surface area (Å²) in [5, 5.41) is 7.43. The predicted octanol–water partition coefficient (Wildman–Crippen LogP) is 6.76. The summed E-state index contributed by atoms with van der Waals surface area (Å²) in [5.74, 6) is -3.23. The minimum absolute atomic E-state index is 0.120. The molecule has 264 valence electrons. The number of aromatic nitrogens is 5. The Morgan fingerprint density at radius 1 is 1.00 bits per heavy atom. The molecule has 1 aliphatic heterocycles. The van der Waals surface area contributed by atoms with Gasteiger partial charge in [-0.25, -0.2) is 18.0 Å². The molecule has 2 fully saturated rings. The van der Waals surface area contributed by atoms with E-state index in [-0.39, 0.29) is 29.1 Å². The highest BCUT2D eigenvalue weighted by atomic mass is 32.2. The van der Waals surface area contributed by atoms with Crippen molar-refractivity contribution in [2.45, 2.75) is 63.3 Å². The molecule has 4 heterocycles. The molecule has 8 nitrogen and oxygen atoms in total. The van der Waals surface area contributed by atoms with E-state index < -0.39 is 47.8 Å². The first-order chi connectivity index (χ1) is 22.6. The third-order valence-corrected chi connectivity index (χ3v) is 8.44. The molecule has 1 saturated carbocycles. The normalized spacial score (nSPS) is 18.3. The Morgan fingerprint density at radius 3 is 2.17 bits per heavy atom. The molecule has 2 aliphatic rings. The van der Waals surface area contributed by atoms with Gasteiger partial charge in [0.15, 0.2) is 12.0 Å². The van der Waals surface area contributed by atoms with Crippen LogP contribution in [0.2, 0.25) is 0 Å². The summed E-state index contributed by atoms with van der Waals surface area (Å²) >= 11 is 1.75. The number of thioether (sulfide) groups is 1. The molecular weight excluding hydrogens is 656 g/mol. The van der Waals surface area contributed by atoms with Crippen LogP contribution in [0.5, 0.6) is 0 Å². The Kier molecular flexibility index (Phi) is 11.8. The molecule has 6 rings (SSSR count). The fourth-order valence-corrected chi connectivity index (χ4v) is 6.14. The minimum Gasteiger partial charge on any atom is -0.318 e. The Hall–Kier alpha value is -3.30. The van der Waals surface area contributed by atoms with Crippen LogP contribution >= 0.6 is 11.8 Å². The average Bonchev–Trinajstić information content (AvgIpc) is 3.59. The van der Waals surface area contributed by atoms with Gasteiger partial charge in [0.25, 0.3) is 0 Å². The van der Waals surface area contributed by atoms with Crippen molar-refractivity contribution in [1.29, 1.82) is 0 Å². The molecule has 15 heteroatoms. The lowest BCUT2D eigenvalue weighted by atomic mass is 9.59. The van der Waals surface area contributed by atoms with E-state index in [0.29, 0.717) is 18.7 Å². The number of rotatable bonds is 6. The molecule has 4 aromatic rings. The molecule has 3 aromatic heterocycles. The van der Waals surface area contributed by atoms with Crippen LogP contribution < -0.4 is 5.69 Å². The van der Waals surface area contributed by atoms with Crippen molar-refractivity contribution >= 4 is 17.3 Å². The monoisotopic (exact) mass is 699 g/mol. The second kappa shape index (κ2) is 15.1. The zero-order valence-corrected chi connectivity index (χ0v) is 28.9. The largest absolute Gasteiger partial charge is 0.418 e. The van der Waals surface area contributed by atoms with E-state index >= 15 is 4.39 Å². The summed E-state index contributed by atoms with van der Waals surface area (Å²) in [6, 6.07) is 6.89. The van der Waals surface area contributed by atoms with Crippen LogP contribution in [0, 0.1) is 0 Å². The van der Waals surface area contributed by atoms with Gasteiger partial charge < -0.3 is 9.47 Å². The first-order valence-electron chi connectivity index (χ1n) is 15.7. The van der Waals surface area contributed by atoms with Gasteiger partial charge in [0.1, 0.15) is 6.33 Å². The number of hydrogen-bond acceptors (Lipinski definition) is 6. The van der Waals surface area contributed by atoms with Crippen LogP contribution in [0.25, 0.3) is 11.2 Å². The van der Waals surface area contributed by atoms with Gasteiger partial charge in [-0.05, 0) is 48.9 Å². The highest BCUT2D eigenvalue weighted by molar-refractivity contribution is 7.97. The van der Waals surface area contributed by atoms with E-state index in [1.165, 1.54) is 54.8 Å². The summed E-state index contributed by atoms with van der Waals surface area (Å²) in [6.45, 7) is 7.43. The molecule has 0 amide bonds. The molecular formula is C33H43F6N7OS. The van der Waals surface area contributed by atoms with Crippen LogP contribution in [-0.4, -0.2) is 85.2 Å². The number of aryl methyl sites for hydroxylation is 1. The molecule has 1 saturated heterocycles. The standard InChI is InChI=1S/C28H29F6N7O.C3H8.C2H6S/c1-37-6-8-39(9-7-37)12-18-10-21(28(32,33)34)22-14-40(25(42)41(22)13-18)20-5-3-4-19(11-20)26(15-27(30,31)16-26)23(29)24-36-35-17-38(24)2;2*1-3-2/h3-5,10-11,13-14,17,23H,6-9,12,15-16H2,1-2H3;3H2,1-2H3;1-2H3. The lowest BCUT2D eigenvalue weighted by Crippen LogP contribution is -2.52. The highest BCUT2D eigenvalue weighted by Crippen LogP contribution is 2.60. The third kappa shape index (κ3) is 7.94. The van der Waals surface area contributed by atoms with Crippen molar-refractivity contribution < 1.29 is 26.3 Å². The summed E-state index contributed by atoms with van der Waals surface area (Å²) < 4.78 is 90.3. The Morgan fingerprint density at radius 2 is 1.62 bits per heavy atom. The molecule has 0 spiro atoms. The van der Waals surface area contributed by atoms with Crippen molar-refractivity contribution in [2.24, 2.45) is 7.05 Å². The van der Waals surface area contributed by atoms with E-state index in [9.17, 15) is 26.7 Å². The number of piperazine rings is 1. The first kappa shape index (κ1) is 37.5. The van der Waals surface area contributed by atoms with Gasteiger partial charge in [-0.3, -0.25) is 13.9 Å². The minimum atomic E-state index is -4.73. The van der Waals surface area contributed by atoms with Crippen molar-refractivity contribution in [1.82, 2.24) is 33.5 Å². The number of fused-ring (bicyclic) bond motifs is 1. The maximum atomic E-state index is 15.9. The number of alkyl halides is 6. The maximum Gasteiger partial charge on any atom is 0.418 e. The summed E-state index contributed by atoms with van der Waals surface area (Å²) in [6.07, 6.45) is 0.843. The lowest BCUT2D eigenvalue weighted by molar-refractivity contribution is -0.151. The predicted molar refractivity (Wildman–Crippen MR) is 177 cm³/mol. The van der Waals surface area contributed by atoms with Crippen LogP contribution in [0.4, 0.5) is 26.3 Å². The van der Waals surface area contributed by atoms with Crippen LogP contribution in [0.1, 0.15) is 61.8 Å². The maximum absolute atomic E-state index is 15.9. The zero-order chi connectivity index (χ0) is 35.4. The topological polar surface area (TPSA) is 63.6 Å². The van der Waals surface area contributed by atoms with Gasteiger partial charge in [-0.2, -0.15) is 24.9 Å². The lowest BCUT2D eigenvalue weighted by Gasteiger charge is -2.49. The van der Waals surface area contributed by atoms with Gasteiger partial charge in [0.2, 0.25) is 5.92 Å². The number of benzene rings is 1. The Bertz CT molecular complexity index is 1720. The van der Waals surface area contributed by atoms with Crippen LogP contribution in [0.15, 0.2) is 53.8 Å². The Balaban J connectivity index is 0.000000808. The fraction of sp³-hybridized carbons (Fsp3) is 0.545. The average molecular weight is 700 g/mol. The van der Waals surface area contributed by atoms with Crippen molar-refractivity contribution in [3.8, 4) is 5.69 Å². The van der Waals surface area contributed by atoms with Crippen LogP contribution in [-0.2, 0) is 25.2 Å². The molecule has 0 N–H and O–H groups in total. The van der Waals surface area contributed by atoms with Crippen molar-refractivity contribution in [2.75, 3.05) is 45.7 Å². The highest BCUT2D eigenvalue weighted by Gasteiger charge is 2.62. The quantitative estimate of drug-likeness (QED) is 0.208. The molecule has 1 aromatic carbocycles. The molecule has 0 radical (unpaired) electrons.